The molecular formula is C18H18N4O4S2. The molecule has 0 unspecified atom stereocenters. The van der Waals surface area contributed by atoms with Crippen molar-refractivity contribution in [3.05, 3.63) is 41.3 Å². The number of nitrogens with zero attached hydrogens (tertiary/aromatic N) is 2. The van der Waals surface area contributed by atoms with Gasteiger partial charge in [-0.05, 0) is 35.2 Å². The van der Waals surface area contributed by atoms with Crippen LogP contribution in [0.2, 0.25) is 0 Å². The van der Waals surface area contributed by atoms with E-state index in [1.54, 1.807) is 26.5 Å². The SMILES string of the molecule is COC(=O)Nc1sc(N/N=C/c2ccc(OC)c(OC)c2)nc1-c1cccs1. The van der Waals surface area contributed by atoms with Crippen LogP contribution in [0.4, 0.5) is 14.9 Å². The lowest BCUT2D eigenvalue weighted by Crippen LogP contribution is -2.10. The van der Waals surface area contributed by atoms with E-state index in [1.807, 2.05) is 29.6 Å². The van der Waals surface area contributed by atoms with Gasteiger partial charge in [-0.1, -0.05) is 17.4 Å². The quantitative estimate of drug-likeness (QED) is 0.433. The summed E-state index contributed by atoms with van der Waals surface area (Å²) in [6, 6.07) is 9.32. The van der Waals surface area contributed by atoms with E-state index >= 15 is 0 Å². The predicted molar refractivity (Wildman–Crippen MR) is 112 cm³/mol. The minimum Gasteiger partial charge on any atom is -0.493 e. The van der Waals surface area contributed by atoms with Gasteiger partial charge in [-0.3, -0.25) is 10.7 Å². The van der Waals surface area contributed by atoms with Crippen LogP contribution >= 0.6 is 22.7 Å². The molecule has 0 aliphatic heterocycles. The number of nitrogens with one attached hydrogen (secondary N) is 2. The monoisotopic (exact) mass is 418 g/mol. The Bertz CT molecular complexity index is 970. The minimum absolute atomic E-state index is 0.534. The van der Waals surface area contributed by atoms with E-state index in [-0.39, 0.29) is 0 Å². The maximum Gasteiger partial charge on any atom is 0.412 e. The molecule has 0 aliphatic rings. The molecule has 0 spiro atoms. The number of anilines is 2. The van der Waals surface area contributed by atoms with E-state index in [0.717, 1.165) is 10.4 Å². The summed E-state index contributed by atoms with van der Waals surface area (Å²) >= 11 is 2.79. The van der Waals surface area contributed by atoms with Crippen LogP contribution in [-0.2, 0) is 4.74 Å². The van der Waals surface area contributed by atoms with Crippen molar-refractivity contribution in [3.63, 3.8) is 0 Å². The Morgan fingerprint density at radius 1 is 1.18 bits per heavy atom. The molecule has 0 bridgehead atoms. The fourth-order valence-electron chi connectivity index (χ4n) is 2.27. The lowest BCUT2D eigenvalue weighted by molar-refractivity contribution is 0.187. The molecule has 2 N–H and O–H groups in total. The van der Waals surface area contributed by atoms with Crippen molar-refractivity contribution in [1.29, 1.82) is 0 Å². The number of benzene rings is 1. The number of rotatable bonds is 7. The van der Waals surface area contributed by atoms with Crippen LogP contribution < -0.4 is 20.2 Å². The summed E-state index contributed by atoms with van der Waals surface area (Å²) in [5.74, 6) is 1.26. The second kappa shape index (κ2) is 9.20. The van der Waals surface area contributed by atoms with Crippen LogP contribution in [0.3, 0.4) is 0 Å². The molecule has 28 heavy (non-hydrogen) atoms. The van der Waals surface area contributed by atoms with Gasteiger partial charge in [0.1, 0.15) is 10.7 Å². The van der Waals surface area contributed by atoms with E-state index in [0.29, 0.717) is 27.3 Å². The topological polar surface area (TPSA) is 94.1 Å². The molecule has 10 heteroatoms. The molecule has 1 amide bonds. The lowest BCUT2D eigenvalue weighted by Gasteiger charge is -2.07. The first-order valence-corrected chi connectivity index (χ1v) is 9.75. The van der Waals surface area contributed by atoms with Gasteiger partial charge in [0, 0.05) is 0 Å². The Balaban J connectivity index is 1.78. The van der Waals surface area contributed by atoms with Crippen LogP contribution in [0.5, 0.6) is 11.5 Å². The highest BCUT2D eigenvalue weighted by atomic mass is 32.1. The van der Waals surface area contributed by atoms with Crippen LogP contribution in [0.25, 0.3) is 10.6 Å². The smallest absolute Gasteiger partial charge is 0.412 e. The number of methoxy groups -OCH3 is 3. The highest BCUT2D eigenvalue weighted by molar-refractivity contribution is 7.21. The van der Waals surface area contributed by atoms with Gasteiger partial charge in [0.15, 0.2) is 11.5 Å². The first-order valence-electron chi connectivity index (χ1n) is 8.05. The largest absolute Gasteiger partial charge is 0.493 e. The van der Waals surface area contributed by atoms with Gasteiger partial charge in [-0.25, -0.2) is 9.78 Å². The van der Waals surface area contributed by atoms with Gasteiger partial charge in [0.2, 0.25) is 5.13 Å². The summed E-state index contributed by atoms with van der Waals surface area (Å²) in [5, 5.41) is 9.96. The van der Waals surface area contributed by atoms with Gasteiger partial charge >= 0.3 is 6.09 Å². The van der Waals surface area contributed by atoms with Crippen LogP contribution in [0.15, 0.2) is 40.8 Å². The van der Waals surface area contributed by atoms with E-state index in [1.165, 1.54) is 29.8 Å². The fourth-order valence-corrected chi connectivity index (χ4v) is 3.87. The average molecular weight is 419 g/mol. The molecule has 0 saturated heterocycles. The summed E-state index contributed by atoms with van der Waals surface area (Å²) < 4.78 is 15.2. The van der Waals surface area contributed by atoms with Gasteiger partial charge < -0.3 is 14.2 Å². The number of thiazole rings is 1. The summed E-state index contributed by atoms with van der Waals surface area (Å²) in [6.45, 7) is 0. The minimum atomic E-state index is -0.554. The lowest BCUT2D eigenvalue weighted by atomic mass is 10.2. The summed E-state index contributed by atoms with van der Waals surface area (Å²) in [5.41, 5.74) is 4.38. The zero-order valence-electron chi connectivity index (χ0n) is 15.4. The zero-order chi connectivity index (χ0) is 19.9. The highest BCUT2D eigenvalue weighted by Crippen LogP contribution is 2.38. The number of carbonyl (C=O) groups is 1. The molecule has 146 valence electrons. The van der Waals surface area contributed by atoms with E-state index in [4.69, 9.17) is 9.47 Å². The molecule has 0 fully saturated rings. The standard InChI is InChI=1S/C18H18N4O4S2/c1-24-12-7-6-11(9-13(12)25-2)10-19-22-17-20-15(14-5-4-8-27-14)16(28-17)21-18(23)26-3/h4-10H,1-3H3,(H,20,22)(H,21,23)/b19-10+. The van der Waals surface area contributed by atoms with Crippen molar-refractivity contribution in [2.24, 2.45) is 5.10 Å². The fraction of sp³-hybridized carbons (Fsp3) is 0.167. The number of hydrogen-bond acceptors (Lipinski definition) is 9. The Morgan fingerprint density at radius 3 is 2.68 bits per heavy atom. The molecule has 0 radical (unpaired) electrons. The first kappa shape index (κ1) is 19.6. The van der Waals surface area contributed by atoms with Crippen molar-refractivity contribution in [2.75, 3.05) is 32.1 Å². The molecule has 1 aromatic carbocycles. The second-order valence-electron chi connectivity index (χ2n) is 5.28. The molecule has 8 nitrogen and oxygen atoms in total. The number of carbonyl (C=O) groups excluding carboxylic acids is 1. The number of aromatic nitrogens is 1. The molecule has 2 heterocycles. The molecule has 3 rings (SSSR count). The normalized spacial score (nSPS) is 10.7. The van der Waals surface area contributed by atoms with Crippen molar-refractivity contribution in [2.45, 2.75) is 0 Å². The molecule has 0 saturated carbocycles. The molecule has 0 aliphatic carbocycles. The number of amides is 1. The average Bonchev–Trinajstić information content (AvgIpc) is 3.37. The molecular weight excluding hydrogens is 400 g/mol. The molecule has 3 aromatic rings. The van der Waals surface area contributed by atoms with Gasteiger partial charge in [0.05, 0.1) is 32.4 Å². The third-order valence-corrected chi connectivity index (χ3v) is 5.32. The number of hydrazone groups is 1. The summed E-state index contributed by atoms with van der Waals surface area (Å²) in [4.78, 5) is 17.1. The van der Waals surface area contributed by atoms with Gasteiger partial charge in [-0.2, -0.15) is 5.10 Å². The summed E-state index contributed by atoms with van der Waals surface area (Å²) in [6.07, 6.45) is 1.09. The van der Waals surface area contributed by atoms with E-state index in [9.17, 15) is 4.79 Å². The number of ether oxygens (including phenoxy) is 3. The Labute approximate surface area is 169 Å². The van der Waals surface area contributed by atoms with Crippen LogP contribution in [0, 0.1) is 0 Å². The Morgan fingerprint density at radius 2 is 2.00 bits per heavy atom. The van der Waals surface area contributed by atoms with Crippen molar-refractivity contribution in [3.8, 4) is 22.1 Å². The van der Waals surface area contributed by atoms with Crippen molar-refractivity contribution in [1.82, 2.24) is 4.98 Å². The van der Waals surface area contributed by atoms with E-state index < -0.39 is 6.09 Å². The summed E-state index contributed by atoms with van der Waals surface area (Å²) in [7, 11) is 4.48. The Kier molecular flexibility index (Phi) is 6.45. The molecule has 0 atom stereocenters. The van der Waals surface area contributed by atoms with Gasteiger partial charge in [0.25, 0.3) is 0 Å². The predicted octanol–water partition coefficient (Wildman–Crippen LogP) is 4.51. The number of thiophene rings is 1. The maximum atomic E-state index is 11.6. The Hall–Kier alpha value is -3.11. The maximum absolute atomic E-state index is 11.6. The zero-order valence-corrected chi connectivity index (χ0v) is 17.0. The number of hydrogen-bond donors (Lipinski definition) is 2. The third kappa shape index (κ3) is 4.59. The highest BCUT2D eigenvalue weighted by Gasteiger charge is 2.16. The van der Waals surface area contributed by atoms with Crippen molar-refractivity contribution >= 4 is 45.1 Å². The van der Waals surface area contributed by atoms with Crippen LogP contribution in [-0.4, -0.2) is 38.6 Å². The second-order valence-corrected chi connectivity index (χ2v) is 7.22. The van der Waals surface area contributed by atoms with Crippen molar-refractivity contribution < 1.29 is 19.0 Å². The van der Waals surface area contributed by atoms with E-state index in [2.05, 4.69) is 25.6 Å². The van der Waals surface area contributed by atoms with Gasteiger partial charge in [-0.15, -0.1) is 11.3 Å². The van der Waals surface area contributed by atoms with Crippen LogP contribution in [0.1, 0.15) is 5.56 Å². The molecule has 2 aromatic heterocycles. The first-order chi connectivity index (χ1) is 13.6. The third-order valence-electron chi connectivity index (χ3n) is 3.56.